The van der Waals surface area contributed by atoms with E-state index in [1.54, 1.807) is 0 Å². The SMILES string of the molecule is C[C@@H](CCC(=O)O)[C@H]1CC[C@H]2[C@@H]3[C@H](O)C[C@@H]4C[C@H](O)CC[C@]4(C)[C@@H]3C[C@H](O)[C@]12C. The van der Waals surface area contributed by atoms with Crippen LogP contribution >= 0.6 is 0 Å². The molecule has 4 saturated carbocycles. The molecule has 0 bridgehead atoms. The van der Waals surface area contributed by atoms with Gasteiger partial charge in [0, 0.05) is 6.42 Å². The number of carboxylic acids is 1. The number of aliphatic hydroxyl groups is 3. The molecule has 0 aromatic heterocycles. The second-order valence-corrected chi connectivity index (χ2v) is 11.4. The van der Waals surface area contributed by atoms with Gasteiger partial charge in [-0.3, -0.25) is 4.79 Å². The molecular weight excluding hydrogens is 368 g/mol. The number of fused-ring (bicyclic) bond motifs is 5. The molecule has 11 atom stereocenters. The van der Waals surface area contributed by atoms with Gasteiger partial charge < -0.3 is 20.4 Å². The van der Waals surface area contributed by atoms with Crippen molar-refractivity contribution in [2.45, 2.75) is 96.9 Å². The topological polar surface area (TPSA) is 98.0 Å². The molecule has 166 valence electrons. The van der Waals surface area contributed by atoms with Crippen LogP contribution in [0.25, 0.3) is 0 Å². The van der Waals surface area contributed by atoms with Crippen molar-refractivity contribution in [1.82, 2.24) is 0 Å². The first kappa shape index (κ1) is 21.6. The summed E-state index contributed by atoms with van der Waals surface area (Å²) in [6.45, 7) is 6.72. The Morgan fingerprint density at radius 2 is 1.76 bits per heavy atom. The Labute approximate surface area is 174 Å². The number of rotatable bonds is 4. The van der Waals surface area contributed by atoms with Crippen LogP contribution < -0.4 is 0 Å². The molecule has 5 nitrogen and oxygen atoms in total. The van der Waals surface area contributed by atoms with E-state index in [4.69, 9.17) is 5.11 Å². The zero-order valence-corrected chi connectivity index (χ0v) is 18.3. The Balaban J connectivity index is 1.61. The highest BCUT2D eigenvalue weighted by Gasteiger charge is 2.65. The summed E-state index contributed by atoms with van der Waals surface area (Å²) in [6, 6.07) is 0. The number of hydrogen-bond donors (Lipinski definition) is 4. The van der Waals surface area contributed by atoms with Gasteiger partial charge in [0.15, 0.2) is 0 Å². The summed E-state index contributed by atoms with van der Waals surface area (Å²) in [6.07, 6.45) is 6.00. The fourth-order valence-electron chi connectivity index (χ4n) is 8.68. The molecule has 4 rings (SSSR count). The first-order valence-corrected chi connectivity index (χ1v) is 11.8. The van der Waals surface area contributed by atoms with Gasteiger partial charge in [-0.1, -0.05) is 20.8 Å². The lowest BCUT2D eigenvalue weighted by Gasteiger charge is -2.63. The molecule has 0 unspecified atom stereocenters. The highest BCUT2D eigenvalue weighted by atomic mass is 16.4. The summed E-state index contributed by atoms with van der Waals surface area (Å²) in [5.41, 5.74) is -0.143. The van der Waals surface area contributed by atoms with Crippen molar-refractivity contribution in [3.05, 3.63) is 0 Å². The standard InChI is InChI=1S/C24H40O5/c1-13(4-7-21(28)29)16-5-6-17-22-18(12-20(27)24(16,17)3)23(2)9-8-15(25)10-14(23)11-19(22)26/h13-20,22,25-27H,4-12H2,1-3H3,(H,28,29)/t13-,14-,15+,16+,17-,18+,19+,20-,22-,23-,24+/m0/s1. The molecule has 4 aliphatic rings. The first-order chi connectivity index (χ1) is 13.6. The lowest BCUT2D eigenvalue weighted by Crippen LogP contribution is -2.62. The minimum Gasteiger partial charge on any atom is -0.481 e. The van der Waals surface area contributed by atoms with E-state index in [1.807, 2.05) is 0 Å². The van der Waals surface area contributed by atoms with Crippen molar-refractivity contribution < 1.29 is 25.2 Å². The largest absolute Gasteiger partial charge is 0.481 e. The van der Waals surface area contributed by atoms with Gasteiger partial charge in [-0.15, -0.1) is 0 Å². The van der Waals surface area contributed by atoms with Crippen molar-refractivity contribution in [2.75, 3.05) is 0 Å². The molecule has 29 heavy (non-hydrogen) atoms. The van der Waals surface area contributed by atoms with E-state index in [9.17, 15) is 20.1 Å². The summed E-state index contributed by atoms with van der Waals surface area (Å²) >= 11 is 0. The van der Waals surface area contributed by atoms with E-state index in [0.29, 0.717) is 30.1 Å². The van der Waals surface area contributed by atoms with Crippen LogP contribution in [0.15, 0.2) is 0 Å². The molecule has 0 radical (unpaired) electrons. The predicted molar refractivity (Wildman–Crippen MR) is 110 cm³/mol. The molecule has 0 aromatic rings. The maximum Gasteiger partial charge on any atom is 0.303 e. The minimum absolute atomic E-state index is 0.0957. The van der Waals surface area contributed by atoms with Gasteiger partial charge in [-0.25, -0.2) is 0 Å². The molecule has 0 amide bonds. The smallest absolute Gasteiger partial charge is 0.303 e. The van der Waals surface area contributed by atoms with Gasteiger partial charge in [0.1, 0.15) is 0 Å². The fraction of sp³-hybridized carbons (Fsp3) is 0.958. The molecule has 0 spiro atoms. The zero-order chi connectivity index (χ0) is 21.1. The lowest BCUT2D eigenvalue weighted by molar-refractivity contribution is -0.207. The van der Waals surface area contributed by atoms with E-state index >= 15 is 0 Å². The number of hydrogen-bond acceptors (Lipinski definition) is 4. The Hall–Kier alpha value is -0.650. The third kappa shape index (κ3) is 3.27. The summed E-state index contributed by atoms with van der Waals surface area (Å²) in [4.78, 5) is 11.1. The maximum absolute atomic E-state index is 11.5. The number of aliphatic carboxylic acids is 1. The molecule has 0 saturated heterocycles. The Morgan fingerprint density at radius 3 is 2.45 bits per heavy atom. The average molecular weight is 409 g/mol. The summed E-state index contributed by atoms with van der Waals surface area (Å²) in [5, 5.41) is 42.0. The maximum atomic E-state index is 11.5. The quantitative estimate of drug-likeness (QED) is 0.571. The van der Waals surface area contributed by atoms with Crippen molar-refractivity contribution in [3.63, 3.8) is 0 Å². The predicted octanol–water partition coefficient (Wildman–Crippen LogP) is 3.45. The minimum atomic E-state index is -0.748. The first-order valence-electron chi connectivity index (χ1n) is 11.8. The van der Waals surface area contributed by atoms with Crippen molar-refractivity contribution in [2.24, 2.45) is 46.3 Å². The molecule has 4 N–H and O–H groups in total. The third-order valence-electron chi connectivity index (χ3n) is 10.3. The molecule has 0 aromatic carbocycles. The average Bonchev–Trinajstić information content (AvgIpc) is 3.01. The highest BCUT2D eigenvalue weighted by Crippen LogP contribution is 2.68. The van der Waals surface area contributed by atoms with Gasteiger partial charge in [-0.2, -0.15) is 0 Å². The number of carbonyl (C=O) groups is 1. The van der Waals surface area contributed by atoms with E-state index < -0.39 is 12.1 Å². The molecular formula is C24H40O5. The van der Waals surface area contributed by atoms with Crippen LogP contribution in [-0.2, 0) is 4.79 Å². The van der Waals surface area contributed by atoms with Crippen LogP contribution in [-0.4, -0.2) is 44.7 Å². The number of carboxylic acid groups (broad SMARTS) is 1. The second kappa shape index (κ2) is 7.49. The fourth-order valence-corrected chi connectivity index (χ4v) is 8.68. The van der Waals surface area contributed by atoms with Crippen LogP contribution in [0, 0.1) is 46.3 Å². The second-order valence-electron chi connectivity index (χ2n) is 11.4. The van der Waals surface area contributed by atoms with Gasteiger partial charge >= 0.3 is 5.97 Å². The van der Waals surface area contributed by atoms with E-state index in [-0.39, 0.29) is 41.3 Å². The van der Waals surface area contributed by atoms with Gasteiger partial charge in [0.25, 0.3) is 0 Å². The third-order valence-corrected chi connectivity index (χ3v) is 10.3. The monoisotopic (exact) mass is 408 g/mol. The van der Waals surface area contributed by atoms with Crippen LogP contribution in [0.2, 0.25) is 0 Å². The van der Waals surface area contributed by atoms with Gasteiger partial charge in [-0.05, 0) is 97.7 Å². The summed E-state index contributed by atoms with van der Waals surface area (Å²) in [7, 11) is 0. The highest BCUT2D eigenvalue weighted by molar-refractivity contribution is 5.66. The van der Waals surface area contributed by atoms with Crippen molar-refractivity contribution in [1.29, 1.82) is 0 Å². The summed E-state index contributed by atoms with van der Waals surface area (Å²) < 4.78 is 0. The van der Waals surface area contributed by atoms with Crippen LogP contribution in [0.3, 0.4) is 0 Å². The molecule has 5 heteroatoms. The summed E-state index contributed by atoms with van der Waals surface area (Å²) in [5.74, 6) is 0.997. The van der Waals surface area contributed by atoms with Crippen molar-refractivity contribution >= 4 is 5.97 Å². The molecule has 0 aliphatic heterocycles. The van der Waals surface area contributed by atoms with Gasteiger partial charge in [0.05, 0.1) is 18.3 Å². The van der Waals surface area contributed by atoms with Gasteiger partial charge in [0.2, 0.25) is 0 Å². The molecule has 4 fully saturated rings. The molecule has 4 aliphatic carbocycles. The molecule has 0 heterocycles. The lowest BCUT2D eigenvalue weighted by atomic mass is 9.43. The normalized spacial score (nSPS) is 52.9. The van der Waals surface area contributed by atoms with Crippen LogP contribution in [0.5, 0.6) is 0 Å². The van der Waals surface area contributed by atoms with Crippen LogP contribution in [0.4, 0.5) is 0 Å². The Bertz CT molecular complexity index is 637. The van der Waals surface area contributed by atoms with E-state index in [2.05, 4.69) is 20.8 Å². The Morgan fingerprint density at radius 1 is 1.03 bits per heavy atom. The van der Waals surface area contributed by atoms with Crippen LogP contribution in [0.1, 0.15) is 78.6 Å². The zero-order valence-electron chi connectivity index (χ0n) is 18.3. The van der Waals surface area contributed by atoms with Crippen molar-refractivity contribution in [3.8, 4) is 0 Å². The van der Waals surface area contributed by atoms with E-state index in [0.717, 1.165) is 44.9 Å². The Kier molecular flexibility index (Phi) is 5.57. The number of aliphatic hydroxyl groups excluding tert-OH is 3. The van der Waals surface area contributed by atoms with E-state index in [1.165, 1.54) is 0 Å².